The highest BCUT2D eigenvalue weighted by Gasteiger charge is 2.10. The van der Waals surface area contributed by atoms with Gasteiger partial charge < -0.3 is 4.74 Å². The number of carbonyl (C=O) groups excluding carboxylic acids is 1. The van der Waals surface area contributed by atoms with Crippen LogP contribution >= 0.6 is 11.3 Å². The third kappa shape index (κ3) is 4.23. The summed E-state index contributed by atoms with van der Waals surface area (Å²) >= 11 is 1.50. The normalized spacial score (nSPS) is 10.5. The summed E-state index contributed by atoms with van der Waals surface area (Å²) in [5.41, 5.74) is 3.83. The van der Waals surface area contributed by atoms with Crippen molar-refractivity contribution >= 4 is 17.3 Å². The van der Waals surface area contributed by atoms with E-state index in [1.165, 1.54) is 11.3 Å². The maximum Gasteiger partial charge on any atom is 0.312 e. The number of benzene rings is 1. The van der Waals surface area contributed by atoms with E-state index >= 15 is 0 Å². The molecule has 0 amide bonds. The number of aromatic nitrogens is 2. The Balaban J connectivity index is 1.57. The topological polar surface area (TPSA) is 52.1 Å². The molecule has 0 spiro atoms. The van der Waals surface area contributed by atoms with E-state index in [0.717, 1.165) is 27.4 Å². The maximum atomic E-state index is 11.9. The van der Waals surface area contributed by atoms with Crippen LogP contribution in [0.15, 0.2) is 54.2 Å². The number of rotatable bonds is 5. The van der Waals surface area contributed by atoms with E-state index in [0.29, 0.717) is 6.61 Å². The van der Waals surface area contributed by atoms with Crippen molar-refractivity contribution in [3.63, 3.8) is 0 Å². The van der Waals surface area contributed by atoms with Crippen LogP contribution in [0.4, 0.5) is 0 Å². The number of carbonyl (C=O) groups is 1. The Kier molecular flexibility index (Phi) is 4.78. The monoisotopic (exact) mass is 324 g/mol. The molecule has 0 aliphatic carbocycles. The average molecular weight is 324 g/mol. The molecule has 0 saturated heterocycles. The zero-order valence-electron chi connectivity index (χ0n) is 12.7. The van der Waals surface area contributed by atoms with Crippen LogP contribution in [0.5, 0.6) is 0 Å². The van der Waals surface area contributed by atoms with E-state index in [9.17, 15) is 4.79 Å². The molecular weight excluding hydrogens is 308 g/mol. The van der Waals surface area contributed by atoms with Gasteiger partial charge >= 0.3 is 5.97 Å². The Hall–Kier alpha value is -2.53. The van der Waals surface area contributed by atoms with Gasteiger partial charge in [0.1, 0.15) is 11.6 Å². The minimum atomic E-state index is -0.269. The van der Waals surface area contributed by atoms with Gasteiger partial charge in [0.25, 0.3) is 0 Å². The summed E-state index contributed by atoms with van der Waals surface area (Å²) < 4.78 is 5.32. The summed E-state index contributed by atoms with van der Waals surface area (Å²) in [6.07, 6.45) is 3.67. The predicted octanol–water partition coefficient (Wildman–Crippen LogP) is 3.80. The standard InChI is InChI=1S/C18H16N2O2S/c1-13-4-2-5-14(8-13)11-22-17(21)9-16-12-23-18(20-16)15-6-3-7-19-10-15/h2-8,10,12H,9,11H2,1H3. The summed E-state index contributed by atoms with van der Waals surface area (Å²) in [5, 5.41) is 2.75. The summed E-state index contributed by atoms with van der Waals surface area (Å²) in [4.78, 5) is 20.5. The Morgan fingerprint density at radius 1 is 1.26 bits per heavy atom. The molecule has 0 atom stereocenters. The van der Waals surface area contributed by atoms with Crippen LogP contribution in [0.1, 0.15) is 16.8 Å². The Morgan fingerprint density at radius 3 is 2.96 bits per heavy atom. The van der Waals surface area contributed by atoms with E-state index in [2.05, 4.69) is 9.97 Å². The van der Waals surface area contributed by atoms with Gasteiger partial charge in [-0.25, -0.2) is 4.98 Å². The Bertz CT molecular complexity index is 800. The second kappa shape index (κ2) is 7.15. The van der Waals surface area contributed by atoms with Gasteiger partial charge in [0.05, 0.1) is 12.1 Å². The van der Waals surface area contributed by atoms with Gasteiger partial charge in [-0.2, -0.15) is 0 Å². The van der Waals surface area contributed by atoms with Crippen molar-refractivity contribution in [2.45, 2.75) is 20.0 Å². The van der Waals surface area contributed by atoms with Crippen molar-refractivity contribution in [3.05, 3.63) is 71.0 Å². The smallest absolute Gasteiger partial charge is 0.312 e. The lowest BCUT2D eigenvalue weighted by Crippen LogP contribution is -2.08. The number of hydrogen-bond acceptors (Lipinski definition) is 5. The Labute approximate surface area is 138 Å². The second-order valence-corrected chi connectivity index (χ2v) is 6.07. The predicted molar refractivity (Wildman–Crippen MR) is 90.0 cm³/mol. The molecule has 0 radical (unpaired) electrons. The Morgan fingerprint density at radius 2 is 2.17 bits per heavy atom. The van der Waals surface area contributed by atoms with Crippen molar-refractivity contribution in [2.75, 3.05) is 0 Å². The molecule has 0 fully saturated rings. The molecule has 0 N–H and O–H groups in total. The number of hydrogen-bond donors (Lipinski definition) is 0. The molecule has 3 rings (SSSR count). The molecule has 0 aliphatic heterocycles. The number of ether oxygens (including phenoxy) is 1. The molecule has 23 heavy (non-hydrogen) atoms. The summed E-state index contributed by atoms with van der Waals surface area (Å²) in [7, 11) is 0. The van der Waals surface area contributed by atoms with Gasteiger partial charge in [0, 0.05) is 23.3 Å². The van der Waals surface area contributed by atoms with Gasteiger partial charge in [-0.1, -0.05) is 29.8 Å². The largest absolute Gasteiger partial charge is 0.461 e. The van der Waals surface area contributed by atoms with Crippen molar-refractivity contribution < 1.29 is 9.53 Å². The third-order valence-corrected chi connectivity index (χ3v) is 4.21. The maximum absolute atomic E-state index is 11.9. The van der Waals surface area contributed by atoms with Crippen LogP contribution in [0.2, 0.25) is 0 Å². The van der Waals surface area contributed by atoms with E-state index in [1.54, 1.807) is 12.4 Å². The fraction of sp³-hybridized carbons (Fsp3) is 0.167. The van der Waals surface area contributed by atoms with Crippen LogP contribution in [0.25, 0.3) is 10.6 Å². The fourth-order valence-corrected chi connectivity index (χ4v) is 2.99. The molecule has 0 unspecified atom stereocenters. The highest BCUT2D eigenvalue weighted by Crippen LogP contribution is 2.22. The molecule has 3 aromatic rings. The van der Waals surface area contributed by atoms with Gasteiger partial charge in [-0.05, 0) is 24.6 Å². The van der Waals surface area contributed by atoms with Gasteiger partial charge in [-0.3, -0.25) is 9.78 Å². The number of esters is 1. The second-order valence-electron chi connectivity index (χ2n) is 5.21. The number of thiazole rings is 1. The number of pyridine rings is 1. The number of nitrogens with zero attached hydrogens (tertiary/aromatic N) is 2. The molecule has 0 aliphatic rings. The molecule has 0 bridgehead atoms. The third-order valence-electron chi connectivity index (χ3n) is 3.27. The van der Waals surface area contributed by atoms with E-state index in [4.69, 9.17) is 4.74 Å². The lowest BCUT2D eigenvalue weighted by molar-refractivity contribution is -0.144. The first-order valence-corrected chi connectivity index (χ1v) is 8.14. The minimum absolute atomic E-state index is 0.183. The van der Waals surface area contributed by atoms with E-state index in [-0.39, 0.29) is 12.4 Å². The van der Waals surface area contributed by atoms with Crippen LogP contribution in [-0.4, -0.2) is 15.9 Å². The average Bonchev–Trinajstić information content (AvgIpc) is 3.02. The summed E-state index contributed by atoms with van der Waals surface area (Å²) in [6, 6.07) is 11.7. The SMILES string of the molecule is Cc1cccc(COC(=O)Cc2csc(-c3cccnc3)n2)c1. The minimum Gasteiger partial charge on any atom is -0.461 e. The van der Waals surface area contributed by atoms with E-state index in [1.807, 2.05) is 48.7 Å². The van der Waals surface area contributed by atoms with Crippen LogP contribution in [0.3, 0.4) is 0 Å². The molecular formula is C18H16N2O2S. The number of aryl methyl sites for hydroxylation is 1. The summed E-state index contributed by atoms with van der Waals surface area (Å²) in [5.74, 6) is -0.269. The van der Waals surface area contributed by atoms with E-state index < -0.39 is 0 Å². The van der Waals surface area contributed by atoms with Crippen LogP contribution < -0.4 is 0 Å². The van der Waals surface area contributed by atoms with Crippen molar-refractivity contribution in [1.82, 2.24) is 9.97 Å². The lowest BCUT2D eigenvalue weighted by atomic mass is 10.1. The molecule has 2 aromatic heterocycles. The lowest BCUT2D eigenvalue weighted by Gasteiger charge is -2.04. The van der Waals surface area contributed by atoms with Crippen molar-refractivity contribution in [3.8, 4) is 10.6 Å². The molecule has 5 heteroatoms. The molecule has 4 nitrogen and oxygen atoms in total. The molecule has 0 saturated carbocycles. The van der Waals surface area contributed by atoms with Crippen LogP contribution in [-0.2, 0) is 22.6 Å². The zero-order valence-corrected chi connectivity index (χ0v) is 13.5. The highest BCUT2D eigenvalue weighted by atomic mass is 32.1. The van der Waals surface area contributed by atoms with Crippen molar-refractivity contribution in [2.24, 2.45) is 0 Å². The van der Waals surface area contributed by atoms with Gasteiger partial charge in [0.15, 0.2) is 0 Å². The highest BCUT2D eigenvalue weighted by molar-refractivity contribution is 7.13. The first kappa shape index (κ1) is 15.4. The van der Waals surface area contributed by atoms with Gasteiger partial charge in [0.2, 0.25) is 0 Å². The first-order valence-electron chi connectivity index (χ1n) is 7.27. The quantitative estimate of drug-likeness (QED) is 0.670. The fourth-order valence-electron chi connectivity index (χ4n) is 2.17. The molecule has 1 aromatic carbocycles. The zero-order chi connectivity index (χ0) is 16.1. The first-order chi connectivity index (χ1) is 11.2. The van der Waals surface area contributed by atoms with Crippen LogP contribution in [0, 0.1) is 6.92 Å². The molecule has 2 heterocycles. The van der Waals surface area contributed by atoms with Crippen molar-refractivity contribution in [1.29, 1.82) is 0 Å². The summed E-state index contributed by atoms with van der Waals surface area (Å²) in [6.45, 7) is 2.31. The molecule has 116 valence electrons. The van der Waals surface area contributed by atoms with Gasteiger partial charge in [-0.15, -0.1) is 11.3 Å².